The number of aldehydes is 2. The highest BCUT2D eigenvalue weighted by Crippen LogP contribution is 2.22. The molecule has 0 spiro atoms. The van der Waals surface area contributed by atoms with E-state index in [-0.39, 0.29) is 37.6 Å². The van der Waals surface area contributed by atoms with Crippen molar-refractivity contribution in [1.29, 1.82) is 0 Å². The number of hydrogen-bond donors (Lipinski definition) is 6. The average Bonchev–Trinajstić information content (AvgIpc) is 2.99. The molecule has 0 aliphatic carbocycles. The van der Waals surface area contributed by atoms with Crippen LogP contribution < -0.4 is 33.3 Å². The van der Waals surface area contributed by atoms with Crippen LogP contribution in [0.5, 0.6) is 0 Å². The zero-order chi connectivity index (χ0) is 31.6. The van der Waals surface area contributed by atoms with Crippen LogP contribution in [0.2, 0.25) is 0 Å². The molecule has 2 aromatic carbocycles. The van der Waals surface area contributed by atoms with Crippen molar-refractivity contribution in [2.45, 2.75) is 32.4 Å². The van der Waals surface area contributed by atoms with Gasteiger partial charge < -0.3 is 42.0 Å². The molecular weight excluding hydrogens is 552 g/mol. The molecule has 2 amide bonds. The van der Waals surface area contributed by atoms with E-state index < -0.39 is 0 Å². The molecule has 0 heterocycles. The minimum atomic E-state index is -0.357. The molecule has 234 valence electrons. The van der Waals surface area contributed by atoms with Gasteiger partial charge in [-0.3, -0.25) is 19.3 Å². The summed E-state index contributed by atoms with van der Waals surface area (Å²) in [6, 6.07) is 11.4. The summed E-state index contributed by atoms with van der Waals surface area (Å²) in [5.41, 5.74) is 14.6. The smallest absolute Gasteiger partial charge is 0.251 e. The zero-order valence-corrected chi connectivity index (χ0v) is 24.9. The van der Waals surface area contributed by atoms with E-state index in [0.29, 0.717) is 66.4 Å². The Morgan fingerprint density at radius 1 is 1.09 bits per heavy atom. The van der Waals surface area contributed by atoms with Gasteiger partial charge in [0.1, 0.15) is 19.2 Å². The normalized spacial score (nSPS) is 12.0. The molecule has 2 rings (SSSR count). The molecule has 43 heavy (non-hydrogen) atoms. The number of anilines is 2. The molecule has 2 aromatic rings. The van der Waals surface area contributed by atoms with Crippen molar-refractivity contribution >= 4 is 35.8 Å². The minimum absolute atomic E-state index is 0.135. The first kappa shape index (κ1) is 34.9. The number of hydrogen-bond acceptors (Lipinski definition) is 11. The fourth-order valence-corrected chi connectivity index (χ4v) is 4.13. The molecule has 0 aromatic heterocycles. The van der Waals surface area contributed by atoms with Gasteiger partial charge >= 0.3 is 0 Å². The molecule has 13 heteroatoms. The van der Waals surface area contributed by atoms with Crippen molar-refractivity contribution in [2.24, 2.45) is 11.6 Å². The Morgan fingerprint density at radius 2 is 1.84 bits per heavy atom. The first-order valence-electron chi connectivity index (χ1n) is 14.1. The van der Waals surface area contributed by atoms with Crippen LogP contribution >= 0.6 is 0 Å². The summed E-state index contributed by atoms with van der Waals surface area (Å²) in [6.45, 7) is 4.05. The molecule has 0 saturated heterocycles. The van der Waals surface area contributed by atoms with E-state index in [1.54, 1.807) is 48.7 Å². The lowest BCUT2D eigenvalue weighted by atomic mass is 10.0. The Balaban J connectivity index is 1.69. The molecule has 13 nitrogen and oxygen atoms in total. The summed E-state index contributed by atoms with van der Waals surface area (Å²) in [5.74, 6) is 5.32. The van der Waals surface area contributed by atoms with Crippen LogP contribution in [0, 0.1) is 0 Å². The number of likely N-dealkylation sites (N-methyl/N-ethyl adjacent to an activating group) is 1. The predicted molar refractivity (Wildman–Crippen MR) is 167 cm³/mol. The molecule has 0 fully saturated rings. The second-order valence-corrected chi connectivity index (χ2v) is 10.00. The SMILES string of the molecule is CCCC(C=O)N(C)Cc1c(C=O)cccc1NC(=O)COCCNCCN(N)/C=C(\N)CNC(=O)c1ccc(N)cc1. The Hall–Kier alpha value is -4.30. The molecule has 0 saturated carbocycles. The highest BCUT2D eigenvalue weighted by Gasteiger charge is 2.18. The standard InChI is InChI=1S/C30H44N8O5/c1-3-5-26(20-40)37(2)18-27-23(19-39)6-4-7-28(27)36-29(41)21-43-15-13-34-12-14-38(33)17-25(32)16-35-30(42)22-8-10-24(31)11-9-22/h4,6-11,17,19-20,26,34H,3,5,12-16,18,21,31-33H2,1-2H3,(H,35,42)(H,36,41)/b25-17-. The van der Waals surface area contributed by atoms with Crippen LogP contribution in [0.1, 0.15) is 46.0 Å². The zero-order valence-electron chi connectivity index (χ0n) is 24.9. The molecule has 1 unspecified atom stereocenters. The Morgan fingerprint density at radius 3 is 2.51 bits per heavy atom. The average molecular weight is 597 g/mol. The quantitative estimate of drug-likeness (QED) is 0.0416. The molecule has 9 N–H and O–H groups in total. The van der Waals surface area contributed by atoms with Crippen LogP contribution in [0.15, 0.2) is 54.4 Å². The van der Waals surface area contributed by atoms with Gasteiger partial charge in [-0.05, 0) is 43.8 Å². The van der Waals surface area contributed by atoms with Gasteiger partial charge in [-0.15, -0.1) is 0 Å². The monoisotopic (exact) mass is 596 g/mol. The van der Waals surface area contributed by atoms with E-state index in [9.17, 15) is 19.2 Å². The highest BCUT2D eigenvalue weighted by atomic mass is 16.5. The van der Waals surface area contributed by atoms with Gasteiger partial charge in [0.25, 0.3) is 5.91 Å². The fourth-order valence-electron chi connectivity index (χ4n) is 4.13. The van der Waals surface area contributed by atoms with Gasteiger partial charge in [-0.25, -0.2) is 5.84 Å². The summed E-state index contributed by atoms with van der Waals surface area (Å²) in [5, 5.41) is 10.1. The summed E-state index contributed by atoms with van der Waals surface area (Å²) >= 11 is 0. The van der Waals surface area contributed by atoms with Crippen LogP contribution in [0.3, 0.4) is 0 Å². The fraction of sp³-hybridized carbons (Fsp3) is 0.400. The number of ether oxygens (including phenoxy) is 1. The number of nitrogens with one attached hydrogen (secondary N) is 3. The van der Waals surface area contributed by atoms with Crippen molar-refractivity contribution in [3.05, 3.63) is 71.1 Å². The predicted octanol–water partition coefficient (Wildman–Crippen LogP) is 0.831. The van der Waals surface area contributed by atoms with Gasteiger partial charge in [0.15, 0.2) is 0 Å². The third-order valence-electron chi connectivity index (χ3n) is 6.49. The lowest BCUT2D eigenvalue weighted by Gasteiger charge is -2.25. The molecule has 0 aliphatic rings. The maximum Gasteiger partial charge on any atom is 0.251 e. The Labute approximate surface area is 252 Å². The van der Waals surface area contributed by atoms with Crippen molar-refractivity contribution in [2.75, 3.05) is 57.5 Å². The third-order valence-corrected chi connectivity index (χ3v) is 6.49. The second-order valence-electron chi connectivity index (χ2n) is 10.00. The largest absolute Gasteiger partial charge is 0.399 e. The molecule has 0 bridgehead atoms. The summed E-state index contributed by atoms with van der Waals surface area (Å²) in [4.78, 5) is 49.7. The van der Waals surface area contributed by atoms with Gasteiger partial charge in [0.05, 0.1) is 19.2 Å². The van der Waals surface area contributed by atoms with Crippen LogP contribution in [0.25, 0.3) is 0 Å². The minimum Gasteiger partial charge on any atom is -0.399 e. The maximum absolute atomic E-state index is 12.5. The van der Waals surface area contributed by atoms with Crippen LogP contribution in [0.4, 0.5) is 11.4 Å². The molecule has 0 radical (unpaired) electrons. The van der Waals surface area contributed by atoms with Crippen molar-refractivity contribution in [1.82, 2.24) is 20.5 Å². The lowest BCUT2D eigenvalue weighted by molar-refractivity contribution is -0.120. The van der Waals surface area contributed by atoms with Crippen molar-refractivity contribution in [3.8, 4) is 0 Å². The Bertz CT molecular complexity index is 1220. The maximum atomic E-state index is 12.5. The molecule has 0 aliphatic heterocycles. The molecular formula is C30H44N8O5. The summed E-state index contributed by atoms with van der Waals surface area (Å²) in [7, 11) is 1.82. The van der Waals surface area contributed by atoms with Crippen molar-refractivity contribution in [3.63, 3.8) is 0 Å². The topological polar surface area (TPSA) is 198 Å². The summed E-state index contributed by atoms with van der Waals surface area (Å²) < 4.78 is 5.48. The molecule has 1 atom stereocenters. The lowest BCUT2D eigenvalue weighted by Crippen LogP contribution is -2.36. The number of nitrogens with zero attached hydrogens (tertiary/aromatic N) is 2. The van der Waals surface area contributed by atoms with Crippen molar-refractivity contribution < 1.29 is 23.9 Å². The van der Waals surface area contributed by atoms with E-state index in [1.165, 1.54) is 5.01 Å². The third kappa shape index (κ3) is 12.6. The van der Waals surface area contributed by atoms with E-state index in [0.717, 1.165) is 19.0 Å². The van der Waals surface area contributed by atoms with Crippen LogP contribution in [-0.4, -0.2) is 86.8 Å². The second kappa shape index (κ2) is 19.0. The van der Waals surface area contributed by atoms with Gasteiger partial charge in [-0.1, -0.05) is 25.5 Å². The van der Waals surface area contributed by atoms with E-state index in [1.807, 2.05) is 18.9 Å². The first-order chi connectivity index (χ1) is 20.7. The number of hydrazine groups is 1. The number of carbonyl (C=O) groups excluding carboxylic acids is 4. The van der Waals surface area contributed by atoms with E-state index in [2.05, 4.69) is 16.0 Å². The number of amides is 2. The Kier molecular flexibility index (Phi) is 15.4. The number of rotatable bonds is 20. The van der Waals surface area contributed by atoms with E-state index in [4.69, 9.17) is 22.0 Å². The van der Waals surface area contributed by atoms with E-state index >= 15 is 0 Å². The van der Waals surface area contributed by atoms with Gasteiger partial charge in [0, 0.05) is 66.1 Å². The number of nitrogen functional groups attached to an aromatic ring is 1. The number of nitrogens with two attached hydrogens (primary N) is 3. The summed E-state index contributed by atoms with van der Waals surface area (Å²) in [6.07, 6.45) is 4.73. The van der Waals surface area contributed by atoms with Crippen LogP contribution in [-0.2, 0) is 20.9 Å². The number of carbonyl (C=O) groups is 4. The van der Waals surface area contributed by atoms with Gasteiger partial charge in [0.2, 0.25) is 5.91 Å². The number of benzene rings is 2. The highest BCUT2D eigenvalue weighted by molar-refractivity contribution is 5.95. The van der Waals surface area contributed by atoms with Gasteiger partial charge in [-0.2, -0.15) is 0 Å². The first-order valence-corrected chi connectivity index (χ1v) is 14.1.